The summed E-state index contributed by atoms with van der Waals surface area (Å²) in [5, 5.41) is 8.71. The van der Waals surface area contributed by atoms with Crippen molar-refractivity contribution in [1.82, 2.24) is 14.8 Å². The van der Waals surface area contributed by atoms with Crippen LogP contribution in [0.2, 0.25) is 0 Å². The number of rotatable bonds is 5. The average molecular weight is 324 g/mol. The molecule has 2 aromatic heterocycles. The number of ether oxygens (including phenoxy) is 1. The number of sulfonamides is 1. The highest BCUT2D eigenvalue weighted by Gasteiger charge is 2.27. The van der Waals surface area contributed by atoms with Crippen LogP contribution in [0.15, 0.2) is 29.4 Å². The molecule has 0 aliphatic carbocycles. The SMILES string of the molecule is CCOC(=O)c1cnn(-c2cccc(CC)n2)c1S(N)(=O)=O. The lowest BCUT2D eigenvalue weighted by atomic mass is 10.3. The molecule has 0 spiro atoms. The van der Waals surface area contributed by atoms with E-state index >= 15 is 0 Å². The van der Waals surface area contributed by atoms with Crippen molar-refractivity contribution in [3.63, 3.8) is 0 Å². The van der Waals surface area contributed by atoms with Crippen LogP contribution in [0, 0.1) is 0 Å². The van der Waals surface area contributed by atoms with E-state index in [0.717, 1.165) is 16.6 Å². The number of hydrogen-bond donors (Lipinski definition) is 1. The van der Waals surface area contributed by atoms with Crippen LogP contribution in [0.1, 0.15) is 29.9 Å². The fourth-order valence-corrected chi connectivity index (χ4v) is 2.73. The zero-order valence-corrected chi connectivity index (χ0v) is 13.0. The van der Waals surface area contributed by atoms with E-state index in [0.29, 0.717) is 6.42 Å². The molecule has 0 saturated heterocycles. The second-order valence-electron chi connectivity index (χ2n) is 4.38. The summed E-state index contributed by atoms with van der Waals surface area (Å²) in [6, 6.07) is 5.10. The number of hydrogen-bond acceptors (Lipinski definition) is 6. The average Bonchev–Trinajstić information content (AvgIpc) is 2.92. The van der Waals surface area contributed by atoms with Crippen molar-refractivity contribution in [2.75, 3.05) is 6.61 Å². The normalized spacial score (nSPS) is 11.4. The molecule has 2 rings (SSSR count). The Morgan fingerprint density at radius 3 is 2.68 bits per heavy atom. The second kappa shape index (κ2) is 6.24. The first kappa shape index (κ1) is 16.1. The highest BCUT2D eigenvalue weighted by Crippen LogP contribution is 2.19. The number of carbonyl (C=O) groups is 1. The molecule has 0 amide bonds. The number of esters is 1. The van der Waals surface area contributed by atoms with Crippen molar-refractivity contribution < 1.29 is 17.9 Å². The summed E-state index contributed by atoms with van der Waals surface area (Å²) in [5.74, 6) is -0.539. The van der Waals surface area contributed by atoms with Gasteiger partial charge >= 0.3 is 5.97 Å². The Balaban J connectivity index is 2.64. The number of aryl methyl sites for hydroxylation is 1. The summed E-state index contributed by atoms with van der Waals surface area (Å²) in [6.45, 7) is 3.64. The van der Waals surface area contributed by atoms with Gasteiger partial charge in [0, 0.05) is 5.69 Å². The van der Waals surface area contributed by atoms with Gasteiger partial charge in [0.05, 0.1) is 12.8 Å². The van der Waals surface area contributed by atoms with Crippen LogP contribution in [0.5, 0.6) is 0 Å². The van der Waals surface area contributed by atoms with Crippen LogP contribution >= 0.6 is 0 Å². The van der Waals surface area contributed by atoms with Gasteiger partial charge in [-0.1, -0.05) is 13.0 Å². The van der Waals surface area contributed by atoms with Crippen LogP contribution in [0.25, 0.3) is 5.82 Å². The van der Waals surface area contributed by atoms with Crippen molar-refractivity contribution in [1.29, 1.82) is 0 Å². The van der Waals surface area contributed by atoms with Gasteiger partial charge in [0.2, 0.25) is 0 Å². The maximum absolute atomic E-state index is 11.9. The lowest BCUT2D eigenvalue weighted by Crippen LogP contribution is -2.21. The number of nitrogens with two attached hydrogens (primary N) is 1. The van der Waals surface area contributed by atoms with E-state index in [1.54, 1.807) is 25.1 Å². The predicted molar refractivity (Wildman–Crippen MR) is 78.1 cm³/mol. The zero-order valence-electron chi connectivity index (χ0n) is 12.2. The fourth-order valence-electron chi connectivity index (χ4n) is 1.90. The highest BCUT2D eigenvalue weighted by atomic mass is 32.2. The molecule has 2 N–H and O–H groups in total. The molecule has 0 aliphatic heterocycles. The van der Waals surface area contributed by atoms with Crippen molar-refractivity contribution in [3.8, 4) is 5.82 Å². The van der Waals surface area contributed by atoms with Gasteiger partial charge in [-0.25, -0.2) is 28.0 Å². The molecule has 0 unspecified atom stereocenters. The molecule has 2 heterocycles. The third-order valence-corrected chi connectivity index (χ3v) is 3.79. The second-order valence-corrected chi connectivity index (χ2v) is 5.86. The van der Waals surface area contributed by atoms with E-state index in [2.05, 4.69) is 10.1 Å². The molecule has 0 atom stereocenters. The van der Waals surface area contributed by atoms with Gasteiger partial charge in [-0.05, 0) is 25.5 Å². The summed E-state index contributed by atoms with van der Waals surface area (Å²) < 4.78 is 29.6. The van der Waals surface area contributed by atoms with Crippen LogP contribution in [0.4, 0.5) is 0 Å². The van der Waals surface area contributed by atoms with Gasteiger partial charge in [0.25, 0.3) is 10.0 Å². The van der Waals surface area contributed by atoms with E-state index in [-0.39, 0.29) is 18.0 Å². The van der Waals surface area contributed by atoms with Gasteiger partial charge in [0.15, 0.2) is 10.8 Å². The van der Waals surface area contributed by atoms with Gasteiger partial charge in [0.1, 0.15) is 5.56 Å². The van der Waals surface area contributed by atoms with E-state index in [1.807, 2.05) is 6.92 Å². The Labute approximate surface area is 128 Å². The Bertz CT molecular complexity index is 798. The predicted octanol–water partition coefficient (Wildman–Crippen LogP) is 0.654. The van der Waals surface area contributed by atoms with E-state index in [1.165, 1.54) is 0 Å². The summed E-state index contributed by atoms with van der Waals surface area (Å²) >= 11 is 0. The molecule has 0 bridgehead atoms. The van der Waals surface area contributed by atoms with Crippen LogP contribution in [-0.4, -0.2) is 35.8 Å². The molecule has 0 aromatic carbocycles. The topological polar surface area (TPSA) is 117 Å². The lowest BCUT2D eigenvalue weighted by molar-refractivity contribution is 0.0521. The first-order valence-corrected chi connectivity index (χ1v) is 8.17. The number of carbonyl (C=O) groups excluding carboxylic acids is 1. The molecular formula is C13H16N4O4S. The Morgan fingerprint density at radius 1 is 1.36 bits per heavy atom. The summed E-state index contributed by atoms with van der Waals surface area (Å²) in [7, 11) is -4.19. The standard InChI is InChI=1S/C13H16N4O4S/c1-3-9-6-5-7-11(16-9)17-12(22(14,19)20)10(8-15-17)13(18)21-4-2/h5-8H,3-4H2,1-2H3,(H2,14,19,20). The molecule has 0 radical (unpaired) electrons. The first-order valence-electron chi connectivity index (χ1n) is 6.62. The van der Waals surface area contributed by atoms with Crippen molar-refractivity contribution >= 4 is 16.0 Å². The molecule has 0 fully saturated rings. The minimum atomic E-state index is -4.19. The monoisotopic (exact) mass is 324 g/mol. The molecule has 9 heteroatoms. The fraction of sp³-hybridized carbons (Fsp3) is 0.308. The van der Waals surface area contributed by atoms with E-state index in [9.17, 15) is 13.2 Å². The largest absolute Gasteiger partial charge is 0.462 e. The van der Waals surface area contributed by atoms with Crippen molar-refractivity contribution in [2.45, 2.75) is 25.3 Å². The minimum absolute atomic E-state index is 0.109. The van der Waals surface area contributed by atoms with Crippen molar-refractivity contribution in [2.24, 2.45) is 5.14 Å². The van der Waals surface area contributed by atoms with Crippen LogP contribution in [0.3, 0.4) is 0 Å². The molecule has 2 aromatic rings. The minimum Gasteiger partial charge on any atom is -0.462 e. The number of nitrogens with zero attached hydrogens (tertiary/aromatic N) is 3. The Morgan fingerprint density at radius 2 is 2.09 bits per heavy atom. The van der Waals surface area contributed by atoms with Crippen LogP contribution in [-0.2, 0) is 21.2 Å². The summed E-state index contributed by atoms with van der Waals surface area (Å²) in [5.41, 5.74) is 0.541. The smallest absolute Gasteiger partial charge is 0.342 e. The maximum Gasteiger partial charge on any atom is 0.342 e. The number of aromatic nitrogens is 3. The molecule has 0 aliphatic rings. The van der Waals surface area contributed by atoms with Crippen molar-refractivity contribution in [3.05, 3.63) is 35.7 Å². The molecule has 8 nitrogen and oxygen atoms in total. The summed E-state index contributed by atoms with van der Waals surface area (Å²) in [6.07, 6.45) is 1.78. The van der Waals surface area contributed by atoms with Gasteiger partial charge in [-0.3, -0.25) is 0 Å². The maximum atomic E-state index is 11.9. The third-order valence-electron chi connectivity index (χ3n) is 2.86. The molecule has 0 saturated carbocycles. The zero-order chi connectivity index (χ0) is 16.3. The van der Waals surface area contributed by atoms with Gasteiger partial charge in [-0.2, -0.15) is 5.10 Å². The van der Waals surface area contributed by atoms with Gasteiger partial charge < -0.3 is 4.74 Å². The molecule has 22 heavy (non-hydrogen) atoms. The number of pyridine rings is 1. The molecule has 118 valence electrons. The Kier molecular flexibility index (Phi) is 4.57. The highest BCUT2D eigenvalue weighted by molar-refractivity contribution is 7.89. The quantitative estimate of drug-likeness (QED) is 0.807. The lowest BCUT2D eigenvalue weighted by Gasteiger charge is -2.08. The van der Waals surface area contributed by atoms with Gasteiger partial charge in [-0.15, -0.1) is 0 Å². The molecular weight excluding hydrogens is 308 g/mol. The van der Waals surface area contributed by atoms with E-state index in [4.69, 9.17) is 9.88 Å². The first-order chi connectivity index (χ1) is 10.4. The Hall–Kier alpha value is -2.26. The van der Waals surface area contributed by atoms with Crippen LogP contribution < -0.4 is 5.14 Å². The third kappa shape index (κ3) is 3.15. The van der Waals surface area contributed by atoms with E-state index < -0.39 is 21.0 Å². The summed E-state index contributed by atoms with van der Waals surface area (Å²) in [4.78, 5) is 16.1. The number of primary sulfonamides is 1.